The standard InChI is InChI=1S/C20H21NO5/c1-11-14-10-18(24-3)17(23-2)8-12(14)6-15(21-11)13-7-16(22)20(26-5)19(9-13)25-4/h6-10,22H,1-5H3. The molecular formula is C20H21NO5. The molecule has 136 valence electrons. The van der Waals surface area contributed by atoms with E-state index in [1.807, 2.05) is 25.1 Å². The van der Waals surface area contributed by atoms with Gasteiger partial charge in [-0.15, -0.1) is 0 Å². The highest BCUT2D eigenvalue weighted by molar-refractivity contribution is 5.91. The minimum atomic E-state index is -0.00582. The summed E-state index contributed by atoms with van der Waals surface area (Å²) in [7, 11) is 6.21. The van der Waals surface area contributed by atoms with Gasteiger partial charge in [-0.05, 0) is 42.6 Å². The van der Waals surface area contributed by atoms with Crippen LogP contribution in [0.2, 0.25) is 0 Å². The van der Waals surface area contributed by atoms with Gasteiger partial charge in [0.1, 0.15) is 0 Å². The number of phenolic OH excluding ortho intramolecular Hbond substituents is 1. The molecule has 3 aromatic rings. The highest BCUT2D eigenvalue weighted by Gasteiger charge is 2.15. The molecule has 0 fully saturated rings. The molecule has 0 radical (unpaired) electrons. The number of phenols is 1. The lowest BCUT2D eigenvalue weighted by Crippen LogP contribution is -1.95. The molecule has 0 saturated heterocycles. The van der Waals surface area contributed by atoms with Crippen molar-refractivity contribution in [2.24, 2.45) is 0 Å². The average molecular weight is 355 g/mol. The molecule has 0 amide bonds. The van der Waals surface area contributed by atoms with Crippen molar-refractivity contribution in [3.05, 3.63) is 36.0 Å². The first-order valence-corrected chi connectivity index (χ1v) is 8.01. The molecule has 0 aliphatic rings. The quantitative estimate of drug-likeness (QED) is 0.747. The molecule has 0 aliphatic heterocycles. The summed E-state index contributed by atoms with van der Waals surface area (Å²) in [6.07, 6.45) is 0. The second kappa shape index (κ2) is 7.00. The van der Waals surface area contributed by atoms with E-state index in [1.54, 1.807) is 26.4 Å². The van der Waals surface area contributed by atoms with Gasteiger partial charge in [-0.25, -0.2) is 0 Å². The Morgan fingerprint density at radius 2 is 1.42 bits per heavy atom. The highest BCUT2D eigenvalue weighted by Crippen LogP contribution is 2.41. The number of methoxy groups -OCH3 is 4. The zero-order valence-electron chi connectivity index (χ0n) is 15.4. The Morgan fingerprint density at radius 1 is 0.769 bits per heavy atom. The van der Waals surface area contributed by atoms with Crippen LogP contribution in [0.4, 0.5) is 0 Å². The highest BCUT2D eigenvalue weighted by atomic mass is 16.5. The van der Waals surface area contributed by atoms with Crippen LogP contribution in [-0.2, 0) is 0 Å². The molecule has 0 bridgehead atoms. The first kappa shape index (κ1) is 17.7. The normalized spacial score (nSPS) is 10.7. The molecule has 1 N–H and O–H groups in total. The van der Waals surface area contributed by atoms with Crippen LogP contribution in [0.3, 0.4) is 0 Å². The summed E-state index contributed by atoms with van der Waals surface area (Å²) >= 11 is 0. The van der Waals surface area contributed by atoms with Crippen molar-refractivity contribution in [1.29, 1.82) is 0 Å². The third-order valence-electron chi connectivity index (χ3n) is 4.28. The third-order valence-corrected chi connectivity index (χ3v) is 4.28. The van der Waals surface area contributed by atoms with Gasteiger partial charge in [-0.1, -0.05) is 0 Å². The first-order valence-electron chi connectivity index (χ1n) is 8.01. The van der Waals surface area contributed by atoms with E-state index in [0.29, 0.717) is 28.7 Å². The lowest BCUT2D eigenvalue weighted by atomic mass is 10.0. The van der Waals surface area contributed by atoms with Crippen LogP contribution in [-0.4, -0.2) is 38.5 Å². The van der Waals surface area contributed by atoms with Crippen LogP contribution in [0, 0.1) is 6.92 Å². The first-order chi connectivity index (χ1) is 12.5. The molecule has 2 aromatic carbocycles. The maximum absolute atomic E-state index is 10.2. The van der Waals surface area contributed by atoms with Gasteiger partial charge < -0.3 is 24.1 Å². The van der Waals surface area contributed by atoms with E-state index in [2.05, 4.69) is 4.98 Å². The van der Waals surface area contributed by atoms with Crippen LogP contribution in [0.15, 0.2) is 30.3 Å². The lowest BCUT2D eigenvalue weighted by molar-refractivity contribution is 0.333. The smallest absolute Gasteiger partial charge is 0.203 e. The van der Waals surface area contributed by atoms with Crippen molar-refractivity contribution in [2.45, 2.75) is 6.92 Å². The SMILES string of the molecule is COc1cc2cc(-c3cc(O)c(OC)c(OC)c3)nc(C)c2cc1OC. The molecule has 0 spiro atoms. The van der Waals surface area contributed by atoms with Crippen LogP contribution in [0.25, 0.3) is 22.0 Å². The summed E-state index contributed by atoms with van der Waals surface area (Å²) < 4.78 is 21.3. The Kier molecular flexibility index (Phi) is 4.75. The van der Waals surface area contributed by atoms with E-state index in [4.69, 9.17) is 18.9 Å². The summed E-state index contributed by atoms with van der Waals surface area (Å²) in [5.41, 5.74) is 2.27. The number of ether oxygens (including phenoxy) is 4. The number of aromatic hydroxyl groups is 1. The molecule has 0 saturated carbocycles. The van der Waals surface area contributed by atoms with Gasteiger partial charge in [-0.2, -0.15) is 0 Å². The molecular weight excluding hydrogens is 334 g/mol. The number of hydrogen-bond donors (Lipinski definition) is 1. The van der Waals surface area contributed by atoms with Gasteiger partial charge in [0.15, 0.2) is 23.0 Å². The molecule has 0 aliphatic carbocycles. The minimum absolute atomic E-state index is 0.00582. The number of fused-ring (bicyclic) bond motifs is 1. The van der Waals surface area contributed by atoms with Gasteiger partial charge in [0.05, 0.1) is 34.1 Å². The Labute approximate surface area is 151 Å². The topological polar surface area (TPSA) is 70.0 Å². The number of benzene rings is 2. The average Bonchev–Trinajstić information content (AvgIpc) is 2.66. The largest absolute Gasteiger partial charge is 0.504 e. The fourth-order valence-corrected chi connectivity index (χ4v) is 2.99. The lowest BCUT2D eigenvalue weighted by Gasteiger charge is -2.14. The molecule has 6 heteroatoms. The predicted octanol–water partition coefficient (Wildman–Crippen LogP) is 3.95. The number of nitrogens with zero attached hydrogens (tertiary/aromatic N) is 1. The van der Waals surface area contributed by atoms with E-state index in [-0.39, 0.29) is 5.75 Å². The van der Waals surface area contributed by atoms with Gasteiger partial charge in [0.2, 0.25) is 5.75 Å². The number of pyridine rings is 1. The second-order valence-corrected chi connectivity index (χ2v) is 5.75. The van der Waals surface area contributed by atoms with E-state index in [1.165, 1.54) is 14.2 Å². The Bertz CT molecular complexity index is 968. The van der Waals surface area contributed by atoms with Crippen molar-refractivity contribution < 1.29 is 24.1 Å². The van der Waals surface area contributed by atoms with Crippen molar-refractivity contribution in [3.63, 3.8) is 0 Å². The maximum Gasteiger partial charge on any atom is 0.203 e. The van der Waals surface area contributed by atoms with Crippen LogP contribution in [0.1, 0.15) is 5.69 Å². The second-order valence-electron chi connectivity index (χ2n) is 5.75. The minimum Gasteiger partial charge on any atom is -0.504 e. The number of rotatable bonds is 5. The molecule has 0 unspecified atom stereocenters. The van der Waals surface area contributed by atoms with Gasteiger partial charge >= 0.3 is 0 Å². The summed E-state index contributed by atoms with van der Waals surface area (Å²) in [5, 5.41) is 12.2. The Balaban J connectivity index is 2.22. The maximum atomic E-state index is 10.2. The zero-order valence-corrected chi connectivity index (χ0v) is 15.4. The fourth-order valence-electron chi connectivity index (χ4n) is 2.99. The Hall–Kier alpha value is -3.15. The number of aromatic nitrogens is 1. The van der Waals surface area contributed by atoms with Crippen molar-refractivity contribution in [3.8, 4) is 40.0 Å². The van der Waals surface area contributed by atoms with E-state index >= 15 is 0 Å². The van der Waals surface area contributed by atoms with Crippen LogP contribution in [0.5, 0.6) is 28.7 Å². The van der Waals surface area contributed by atoms with E-state index in [9.17, 15) is 5.11 Å². The number of hydrogen-bond acceptors (Lipinski definition) is 6. The molecule has 1 aromatic heterocycles. The monoisotopic (exact) mass is 355 g/mol. The van der Waals surface area contributed by atoms with E-state index < -0.39 is 0 Å². The molecule has 26 heavy (non-hydrogen) atoms. The molecule has 6 nitrogen and oxygen atoms in total. The van der Waals surface area contributed by atoms with Crippen molar-refractivity contribution in [1.82, 2.24) is 4.98 Å². The summed E-state index contributed by atoms with van der Waals surface area (Å²) in [5.74, 6) is 2.02. The fraction of sp³-hybridized carbons (Fsp3) is 0.250. The third kappa shape index (κ3) is 2.94. The van der Waals surface area contributed by atoms with Gasteiger partial charge in [-0.3, -0.25) is 4.98 Å². The summed E-state index contributed by atoms with van der Waals surface area (Å²) in [4.78, 5) is 4.67. The predicted molar refractivity (Wildman–Crippen MR) is 99.8 cm³/mol. The van der Waals surface area contributed by atoms with Crippen molar-refractivity contribution >= 4 is 10.8 Å². The van der Waals surface area contributed by atoms with Crippen molar-refractivity contribution in [2.75, 3.05) is 28.4 Å². The van der Waals surface area contributed by atoms with Crippen LogP contribution >= 0.6 is 0 Å². The molecule has 0 atom stereocenters. The number of aryl methyl sites for hydroxylation is 1. The summed E-state index contributed by atoms with van der Waals surface area (Å²) in [6.45, 7) is 1.93. The zero-order chi connectivity index (χ0) is 18.8. The molecule has 1 heterocycles. The molecule has 3 rings (SSSR count). The Morgan fingerprint density at radius 3 is 2.04 bits per heavy atom. The van der Waals surface area contributed by atoms with Crippen LogP contribution < -0.4 is 18.9 Å². The van der Waals surface area contributed by atoms with Gasteiger partial charge in [0.25, 0.3) is 0 Å². The van der Waals surface area contributed by atoms with E-state index in [0.717, 1.165) is 22.0 Å². The van der Waals surface area contributed by atoms with Gasteiger partial charge in [0, 0.05) is 16.6 Å². The summed E-state index contributed by atoms with van der Waals surface area (Å²) in [6, 6.07) is 9.15.